The molecule has 1 aromatic heterocycles. The van der Waals surface area contributed by atoms with Crippen molar-refractivity contribution in [2.75, 3.05) is 13.6 Å². The third-order valence-corrected chi connectivity index (χ3v) is 2.25. The van der Waals surface area contributed by atoms with Crippen LogP contribution < -0.4 is 5.32 Å². The molecular formula is C12H19N3. The van der Waals surface area contributed by atoms with Crippen molar-refractivity contribution in [3.05, 3.63) is 29.4 Å². The van der Waals surface area contributed by atoms with Crippen LogP contribution in [-0.4, -0.2) is 23.6 Å². The molecule has 0 amide bonds. The molecule has 0 aliphatic carbocycles. The fourth-order valence-electron chi connectivity index (χ4n) is 1.37. The Balaban J connectivity index is 2.91. The number of likely N-dealkylation sites (N-methyl/N-ethyl adjacent to an activating group) is 1. The molecular weight excluding hydrogens is 186 g/mol. The van der Waals surface area contributed by atoms with Crippen molar-refractivity contribution >= 4 is 6.08 Å². The second kappa shape index (κ2) is 5.61. The van der Waals surface area contributed by atoms with Gasteiger partial charge in [-0.15, -0.1) is 0 Å². The molecule has 0 saturated heterocycles. The van der Waals surface area contributed by atoms with Gasteiger partial charge < -0.3 is 5.32 Å². The number of nitrogens with zero attached hydrogens (tertiary/aromatic N) is 2. The molecule has 0 spiro atoms. The summed E-state index contributed by atoms with van der Waals surface area (Å²) in [6, 6.07) is 1.94. The van der Waals surface area contributed by atoms with Crippen LogP contribution in [0.3, 0.4) is 0 Å². The molecule has 0 saturated carbocycles. The van der Waals surface area contributed by atoms with Gasteiger partial charge in [0.2, 0.25) is 0 Å². The van der Waals surface area contributed by atoms with Crippen LogP contribution in [0.15, 0.2) is 17.8 Å². The SMILES string of the molecule is CNC/C(=C/c1ccnc(C)n1)C(C)C. The van der Waals surface area contributed by atoms with Crippen LogP contribution in [-0.2, 0) is 0 Å². The maximum atomic E-state index is 4.36. The van der Waals surface area contributed by atoms with E-state index in [1.165, 1.54) is 5.57 Å². The summed E-state index contributed by atoms with van der Waals surface area (Å²) in [6.45, 7) is 7.19. The van der Waals surface area contributed by atoms with Gasteiger partial charge in [0, 0.05) is 12.7 Å². The minimum Gasteiger partial charge on any atom is -0.316 e. The zero-order valence-electron chi connectivity index (χ0n) is 9.91. The second-order valence-corrected chi connectivity index (χ2v) is 3.93. The average Bonchev–Trinajstić information content (AvgIpc) is 2.17. The summed E-state index contributed by atoms with van der Waals surface area (Å²) in [4.78, 5) is 8.44. The van der Waals surface area contributed by atoms with Crippen LogP contribution in [0.1, 0.15) is 25.4 Å². The summed E-state index contributed by atoms with van der Waals surface area (Å²) in [5, 5.41) is 3.17. The predicted molar refractivity (Wildman–Crippen MR) is 63.5 cm³/mol. The minimum atomic E-state index is 0.535. The van der Waals surface area contributed by atoms with Crippen molar-refractivity contribution in [1.29, 1.82) is 0 Å². The maximum Gasteiger partial charge on any atom is 0.125 e. The second-order valence-electron chi connectivity index (χ2n) is 3.93. The van der Waals surface area contributed by atoms with Gasteiger partial charge in [0.25, 0.3) is 0 Å². The van der Waals surface area contributed by atoms with E-state index in [0.717, 1.165) is 18.1 Å². The molecule has 0 bridgehead atoms. The third kappa shape index (κ3) is 3.80. The van der Waals surface area contributed by atoms with Gasteiger partial charge >= 0.3 is 0 Å². The lowest BCUT2D eigenvalue weighted by atomic mass is 10.0. The Morgan fingerprint density at radius 3 is 2.80 bits per heavy atom. The first-order chi connectivity index (χ1) is 7.13. The van der Waals surface area contributed by atoms with E-state index in [2.05, 4.69) is 35.2 Å². The molecule has 0 radical (unpaired) electrons. The monoisotopic (exact) mass is 205 g/mol. The summed E-state index contributed by atoms with van der Waals surface area (Å²) in [5.74, 6) is 1.35. The van der Waals surface area contributed by atoms with Gasteiger partial charge in [0.15, 0.2) is 0 Å². The molecule has 0 aliphatic rings. The van der Waals surface area contributed by atoms with Gasteiger partial charge in [-0.3, -0.25) is 0 Å². The average molecular weight is 205 g/mol. The highest BCUT2D eigenvalue weighted by molar-refractivity contribution is 5.49. The molecule has 1 heterocycles. The van der Waals surface area contributed by atoms with Gasteiger partial charge in [-0.2, -0.15) is 0 Å². The molecule has 0 atom stereocenters. The quantitative estimate of drug-likeness (QED) is 0.817. The molecule has 1 rings (SSSR count). The van der Waals surface area contributed by atoms with E-state index in [1.807, 2.05) is 20.0 Å². The number of nitrogens with one attached hydrogen (secondary N) is 1. The molecule has 0 aliphatic heterocycles. The predicted octanol–water partition coefficient (Wildman–Crippen LogP) is 2.04. The summed E-state index contributed by atoms with van der Waals surface area (Å²) >= 11 is 0. The molecule has 3 heteroatoms. The van der Waals surface area contributed by atoms with Gasteiger partial charge in [0.05, 0.1) is 5.69 Å². The number of hydrogen-bond donors (Lipinski definition) is 1. The minimum absolute atomic E-state index is 0.535. The Bertz CT molecular complexity index is 342. The van der Waals surface area contributed by atoms with E-state index >= 15 is 0 Å². The number of hydrogen-bond acceptors (Lipinski definition) is 3. The van der Waals surface area contributed by atoms with Gasteiger partial charge in [-0.05, 0) is 32.0 Å². The Kier molecular flexibility index (Phi) is 4.43. The van der Waals surface area contributed by atoms with Crippen LogP contribution in [0, 0.1) is 12.8 Å². The van der Waals surface area contributed by atoms with Crippen LogP contribution in [0.2, 0.25) is 0 Å². The summed E-state index contributed by atoms with van der Waals surface area (Å²) < 4.78 is 0. The lowest BCUT2D eigenvalue weighted by Crippen LogP contribution is -2.14. The molecule has 0 fully saturated rings. The van der Waals surface area contributed by atoms with E-state index in [4.69, 9.17) is 0 Å². The van der Waals surface area contributed by atoms with E-state index in [0.29, 0.717) is 5.92 Å². The van der Waals surface area contributed by atoms with Crippen molar-refractivity contribution in [3.8, 4) is 0 Å². The van der Waals surface area contributed by atoms with Crippen LogP contribution in [0.25, 0.3) is 6.08 Å². The van der Waals surface area contributed by atoms with Gasteiger partial charge in [-0.25, -0.2) is 9.97 Å². The van der Waals surface area contributed by atoms with Crippen molar-refractivity contribution in [2.45, 2.75) is 20.8 Å². The fraction of sp³-hybridized carbons (Fsp3) is 0.500. The molecule has 0 aromatic carbocycles. The van der Waals surface area contributed by atoms with Crippen molar-refractivity contribution in [1.82, 2.24) is 15.3 Å². The summed E-state index contributed by atoms with van der Waals surface area (Å²) in [5.41, 5.74) is 2.34. The van der Waals surface area contributed by atoms with Gasteiger partial charge in [0.1, 0.15) is 5.82 Å². The Labute approximate surface area is 91.7 Å². The first-order valence-electron chi connectivity index (χ1n) is 5.28. The Hall–Kier alpha value is -1.22. The number of aromatic nitrogens is 2. The first kappa shape index (κ1) is 11.9. The Morgan fingerprint density at radius 2 is 2.27 bits per heavy atom. The molecule has 3 nitrogen and oxygen atoms in total. The van der Waals surface area contributed by atoms with Crippen molar-refractivity contribution < 1.29 is 0 Å². The largest absolute Gasteiger partial charge is 0.316 e. The maximum absolute atomic E-state index is 4.36. The highest BCUT2D eigenvalue weighted by Crippen LogP contribution is 2.12. The highest BCUT2D eigenvalue weighted by atomic mass is 14.9. The van der Waals surface area contributed by atoms with Crippen molar-refractivity contribution in [3.63, 3.8) is 0 Å². The van der Waals surface area contributed by atoms with E-state index in [1.54, 1.807) is 6.20 Å². The van der Waals surface area contributed by atoms with Gasteiger partial charge in [-0.1, -0.05) is 19.4 Å². The molecule has 82 valence electrons. The fourth-order valence-corrected chi connectivity index (χ4v) is 1.37. The smallest absolute Gasteiger partial charge is 0.125 e. The van der Waals surface area contributed by atoms with Crippen LogP contribution in [0.4, 0.5) is 0 Å². The van der Waals surface area contributed by atoms with E-state index < -0.39 is 0 Å². The van der Waals surface area contributed by atoms with Crippen molar-refractivity contribution in [2.24, 2.45) is 5.92 Å². The van der Waals surface area contributed by atoms with E-state index in [9.17, 15) is 0 Å². The topological polar surface area (TPSA) is 37.8 Å². The molecule has 0 unspecified atom stereocenters. The highest BCUT2D eigenvalue weighted by Gasteiger charge is 2.02. The van der Waals surface area contributed by atoms with Crippen LogP contribution in [0.5, 0.6) is 0 Å². The lowest BCUT2D eigenvalue weighted by molar-refractivity contribution is 0.712. The molecule has 1 aromatic rings. The zero-order chi connectivity index (χ0) is 11.3. The number of aryl methyl sites for hydroxylation is 1. The third-order valence-electron chi connectivity index (χ3n) is 2.25. The molecule has 15 heavy (non-hydrogen) atoms. The first-order valence-corrected chi connectivity index (χ1v) is 5.28. The molecule has 1 N–H and O–H groups in total. The zero-order valence-corrected chi connectivity index (χ0v) is 9.91. The summed E-state index contributed by atoms with van der Waals surface area (Å²) in [7, 11) is 1.96. The number of rotatable bonds is 4. The van der Waals surface area contributed by atoms with E-state index in [-0.39, 0.29) is 0 Å². The summed E-state index contributed by atoms with van der Waals surface area (Å²) in [6.07, 6.45) is 3.93. The Morgan fingerprint density at radius 1 is 1.53 bits per heavy atom. The normalized spacial score (nSPS) is 12.2. The lowest BCUT2D eigenvalue weighted by Gasteiger charge is -2.10. The van der Waals surface area contributed by atoms with Crippen LogP contribution >= 0.6 is 0 Å². The standard InChI is InChI=1S/C12H19N3/c1-9(2)11(8-13-4)7-12-5-6-14-10(3)15-12/h5-7,9,13H,8H2,1-4H3/b11-7-.